The van der Waals surface area contributed by atoms with Gasteiger partial charge in [-0.15, -0.1) is 0 Å². The summed E-state index contributed by atoms with van der Waals surface area (Å²) < 4.78 is 40.4. The van der Waals surface area contributed by atoms with Crippen molar-refractivity contribution in [1.29, 1.82) is 0 Å². The van der Waals surface area contributed by atoms with Crippen LogP contribution in [-0.2, 0) is 0 Å². The molecule has 1 aromatic rings. The third kappa shape index (κ3) is 3.28. The van der Waals surface area contributed by atoms with Gasteiger partial charge in [-0.2, -0.15) is 0 Å². The van der Waals surface area contributed by atoms with Gasteiger partial charge < -0.3 is 0 Å². The predicted molar refractivity (Wildman–Crippen MR) is 68.1 cm³/mol. The molecule has 2 unspecified atom stereocenters. The van der Waals surface area contributed by atoms with E-state index in [1.807, 2.05) is 0 Å². The van der Waals surface area contributed by atoms with Gasteiger partial charge in [0.2, 0.25) is 5.92 Å². The molecule has 1 aromatic carbocycles. The molecule has 1 aliphatic rings. The molecule has 2 atom stereocenters. The highest BCUT2D eigenvalue weighted by Crippen LogP contribution is 2.42. The monoisotopic (exact) mass is 272 g/mol. The molecule has 106 valence electrons. The van der Waals surface area contributed by atoms with Gasteiger partial charge in [-0.05, 0) is 31.2 Å². The van der Waals surface area contributed by atoms with Crippen molar-refractivity contribution in [2.45, 2.75) is 44.6 Å². The molecule has 2 rings (SSSR count). The Hall–Kier alpha value is -1.07. The summed E-state index contributed by atoms with van der Waals surface area (Å²) in [5, 5.41) is 0. The maximum Gasteiger partial charge on any atom is 0.248 e. The number of aryl methyl sites for hydroxylation is 1. The molecule has 0 aromatic heterocycles. The average Bonchev–Trinajstić information content (AvgIpc) is 2.70. The summed E-state index contributed by atoms with van der Waals surface area (Å²) >= 11 is 0. The quantitative estimate of drug-likeness (QED) is 0.650. The zero-order valence-corrected chi connectivity index (χ0v) is 10.9. The molecule has 5 heteroatoms. The van der Waals surface area contributed by atoms with Crippen LogP contribution in [0.15, 0.2) is 18.2 Å². The van der Waals surface area contributed by atoms with Crippen molar-refractivity contribution in [3.8, 4) is 0 Å². The maximum atomic E-state index is 14.0. The Kier molecular flexibility index (Phi) is 4.16. The van der Waals surface area contributed by atoms with Crippen LogP contribution >= 0.6 is 0 Å². The lowest BCUT2D eigenvalue weighted by atomic mass is 9.92. The van der Waals surface area contributed by atoms with Gasteiger partial charge in [0.15, 0.2) is 0 Å². The third-order valence-electron chi connectivity index (χ3n) is 3.87. The smallest absolute Gasteiger partial charge is 0.248 e. The van der Waals surface area contributed by atoms with Gasteiger partial charge in [-0.25, -0.2) is 13.2 Å². The molecule has 0 saturated heterocycles. The van der Waals surface area contributed by atoms with E-state index in [9.17, 15) is 13.2 Å². The van der Waals surface area contributed by atoms with E-state index in [0.717, 1.165) is 0 Å². The first-order valence-corrected chi connectivity index (χ1v) is 6.52. The van der Waals surface area contributed by atoms with Gasteiger partial charge in [-0.3, -0.25) is 11.3 Å². The Bertz CT molecular complexity index is 448. The minimum atomic E-state index is -2.57. The Morgan fingerprint density at radius 2 is 2.21 bits per heavy atom. The molecule has 0 heterocycles. The van der Waals surface area contributed by atoms with E-state index in [2.05, 4.69) is 5.43 Å². The SMILES string of the molecule is Cc1cccc(C(CC2CCC(F)(F)C2)NN)c1F. The fraction of sp³-hybridized carbons (Fsp3) is 0.571. The molecule has 1 saturated carbocycles. The van der Waals surface area contributed by atoms with Crippen LogP contribution in [0.25, 0.3) is 0 Å². The van der Waals surface area contributed by atoms with E-state index in [0.29, 0.717) is 24.0 Å². The highest BCUT2D eigenvalue weighted by atomic mass is 19.3. The molecule has 19 heavy (non-hydrogen) atoms. The van der Waals surface area contributed by atoms with Crippen LogP contribution in [0.2, 0.25) is 0 Å². The Morgan fingerprint density at radius 1 is 1.47 bits per heavy atom. The summed E-state index contributed by atoms with van der Waals surface area (Å²) in [5.41, 5.74) is 3.55. The number of nitrogens with one attached hydrogen (secondary N) is 1. The van der Waals surface area contributed by atoms with Gasteiger partial charge >= 0.3 is 0 Å². The molecule has 1 fully saturated rings. The number of hydrazine groups is 1. The van der Waals surface area contributed by atoms with Crippen molar-refractivity contribution in [2.75, 3.05) is 0 Å². The van der Waals surface area contributed by atoms with Crippen molar-refractivity contribution in [1.82, 2.24) is 5.43 Å². The molecule has 2 nitrogen and oxygen atoms in total. The van der Waals surface area contributed by atoms with Crippen molar-refractivity contribution in [2.24, 2.45) is 11.8 Å². The minimum Gasteiger partial charge on any atom is -0.271 e. The molecular formula is C14H19F3N2. The van der Waals surface area contributed by atoms with Crippen LogP contribution < -0.4 is 11.3 Å². The van der Waals surface area contributed by atoms with Crippen molar-refractivity contribution < 1.29 is 13.2 Å². The van der Waals surface area contributed by atoms with Crippen molar-refractivity contribution in [3.63, 3.8) is 0 Å². The topological polar surface area (TPSA) is 38.0 Å². The van der Waals surface area contributed by atoms with E-state index in [1.54, 1.807) is 25.1 Å². The van der Waals surface area contributed by atoms with E-state index in [1.165, 1.54) is 0 Å². The number of halogens is 3. The van der Waals surface area contributed by atoms with E-state index in [4.69, 9.17) is 5.84 Å². The summed E-state index contributed by atoms with van der Waals surface area (Å²) in [7, 11) is 0. The molecule has 0 spiro atoms. The lowest BCUT2D eigenvalue weighted by molar-refractivity contribution is 0.00429. The lowest BCUT2D eigenvalue weighted by Crippen LogP contribution is -2.30. The van der Waals surface area contributed by atoms with Crippen molar-refractivity contribution >= 4 is 0 Å². The predicted octanol–water partition coefficient (Wildman–Crippen LogP) is 3.46. The number of benzene rings is 1. The Labute approximate surface area is 111 Å². The van der Waals surface area contributed by atoms with Gasteiger partial charge in [0.25, 0.3) is 0 Å². The zero-order valence-electron chi connectivity index (χ0n) is 10.9. The fourth-order valence-corrected chi connectivity index (χ4v) is 2.80. The zero-order chi connectivity index (χ0) is 14.0. The highest BCUT2D eigenvalue weighted by molar-refractivity contribution is 5.27. The molecule has 3 N–H and O–H groups in total. The molecule has 0 radical (unpaired) electrons. The second-order valence-corrected chi connectivity index (χ2v) is 5.40. The number of nitrogens with two attached hydrogens (primary N) is 1. The molecule has 0 aliphatic heterocycles. The normalized spacial score (nSPS) is 23.5. The van der Waals surface area contributed by atoms with E-state index < -0.39 is 12.0 Å². The molecule has 0 amide bonds. The largest absolute Gasteiger partial charge is 0.271 e. The summed E-state index contributed by atoms with van der Waals surface area (Å²) in [5.74, 6) is 2.47. The van der Waals surface area contributed by atoms with Crippen LogP contribution in [0.4, 0.5) is 13.2 Å². The highest BCUT2D eigenvalue weighted by Gasteiger charge is 2.40. The summed E-state index contributed by atoms with van der Waals surface area (Å²) in [6.07, 6.45) is 0.703. The first-order valence-electron chi connectivity index (χ1n) is 6.52. The molecular weight excluding hydrogens is 253 g/mol. The summed E-state index contributed by atoms with van der Waals surface area (Å²) in [4.78, 5) is 0. The summed E-state index contributed by atoms with van der Waals surface area (Å²) in [6, 6.07) is 4.66. The van der Waals surface area contributed by atoms with Crippen LogP contribution in [0.1, 0.15) is 42.9 Å². The van der Waals surface area contributed by atoms with Crippen LogP contribution in [0, 0.1) is 18.7 Å². The Morgan fingerprint density at radius 3 is 2.79 bits per heavy atom. The summed E-state index contributed by atoms with van der Waals surface area (Å²) in [6.45, 7) is 1.68. The first kappa shape index (κ1) is 14.3. The third-order valence-corrected chi connectivity index (χ3v) is 3.87. The van der Waals surface area contributed by atoms with Crippen molar-refractivity contribution in [3.05, 3.63) is 35.1 Å². The van der Waals surface area contributed by atoms with Gasteiger partial charge in [0.05, 0.1) is 0 Å². The van der Waals surface area contributed by atoms with E-state index >= 15 is 0 Å². The van der Waals surface area contributed by atoms with Crippen LogP contribution in [0.5, 0.6) is 0 Å². The number of hydrogen-bond acceptors (Lipinski definition) is 2. The van der Waals surface area contributed by atoms with Crippen LogP contribution in [-0.4, -0.2) is 5.92 Å². The second kappa shape index (κ2) is 5.51. The van der Waals surface area contributed by atoms with Gasteiger partial charge in [-0.1, -0.05) is 18.2 Å². The average molecular weight is 272 g/mol. The minimum absolute atomic E-state index is 0.0781. The van der Waals surface area contributed by atoms with E-state index in [-0.39, 0.29) is 24.6 Å². The lowest BCUT2D eigenvalue weighted by Gasteiger charge is -2.21. The second-order valence-electron chi connectivity index (χ2n) is 5.40. The molecule has 0 bridgehead atoms. The molecule has 1 aliphatic carbocycles. The van der Waals surface area contributed by atoms with Gasteiger partial charge in [0.1, 0.15) is 5.82 Å². The fourth-order valence-electron chi connectivity index (χ4n) is 2.80. The maximum absolute atomic E-state index is 14.0. The number of hydrogen-bond donors (Lipinski definition) is 2. The van der Waals surface area contributed by atoms with Crippen LogP contribution in [0.3, 0.4) is 0 Å². The first-order chi connectivity index (χ1) is 8.93. The standard InChI is InChI=1S/C14H19F3N2/c1-9-3-2-4-11(13(9)15)12(19-18)7-10-5-6-14(16,17)8-10/h2-4,10,12,19H,5-8,18H2,1H3. The Balaban J connectivity index is 2.11. The number of alkyl halides is 2. The van der Waals surface area contributed by atoms with Gasteiger partial charge in [0, 0.05) is 24.4 Å². The number of rotatable bonds is 4.